The highest BCUT2D eigenvalue weighted by atomic mass is 16.3. The zero-order valence-corrected chi connectivity index (χ0v) is 12.2. The molecule has 5 nitrogen and oxygen atoms in total. The van der Waals surface area contributed by atoms with Crippen LogP contribution in [0.4, 0.5) is 5.82 Å². The van der Waals surface area contributed by atoms with Crippen LogP contribution < -0.4 is 11.1 Å². The molecule has 1 unspecified atom stereocenters. The van der Waals surface area contributed by atoms with E-state index < -0.39 is 0 Å². The summed E-state index contributed by atoms with van der Waals surface area (Å²) >= 11 is 0. The molecule has 0 spiro atoms. The number of benzene rings is 1. The fourth-order valence-corrected chi connectivity index (χ4v) is 2.93. The van der Waals surface area contributed by atoms with Gasteiger partial charge in [-0.15, -0.1) is 0 Å². The second-order valence-electron chi connectivity index (χ2n) is 5.49. The Bertz CT molecular complexity index is 730. The van der Waals surface area contributed by atoms with E-state index in [9.17, 15) is 10.4 Å². The SMILES string of the molecule is N#Cc1c(C2CCCCN2)cc(-c2ccccc2O)nc1N. The van der Waals surface area contributed by atoms with Crippen molar-refractivity contribution < 1.29 is 5.11 Å². The summed E-state index contributed by atoms with van der Waals surface area (Å²) in [6.07, 6.45) is 3.24. The second kappa shape index (κ2) is 6.04. The highest BCUT2D eigenvalue weighted by Crippen LogP contribution is 2.34. The molecule has 22 heavy (non-hydrogen) atoms. The first-order chi connectivity index (χ1) is 10.7. The molecule has 0 saturated carbocycles. The third-order valence-corrected chi connectivity index (χ3v) is 4.06. The van der Waals surface area contributed by atoms with Crippen molar-refractivity contribution in [3.05, 3.63) is 41.5 Å². The molecule has 4 N–H and O–H groups in total. The van der Waals surface area contributed by atoms with Gasteiger partial charge in [0.15, 0.2) is 0 Å². The van der Waals surface area contributed by atoms with E-state index >= 15 is 0 Å². The minimum Gasteiger partial charge on any atom is -0.507 e. The van der Waals surface area contributed by atoms with E-state index in [-0.39, 0.29) is 17.6 Å². The summed E-state index contributed by atoms with van der Waals surface area (Å²) < 4.78 is 0. The van der Waals surface area contributed by atoms with Crippen LogP contribution in [0.3, 0.4) is 0 Å². The lowest BCUT2D eigenvalue weighted by Gasteiger charge is -2.25. The zero-order chi connectivity index (χ0) is 15.5. The Kier molecular flexibility index (Phi) is 3.94. The largest absolute Gasteiger partial charge is 0.507 e. The molecular formula is C17H18N4O. The Balaban J connectivity index is 2.12. The number of phenolic OH excluding ortho intramolecular Hbond substituents is 1. The summed E-state index contributed by atoms with van der Waals surface area (Å²) in [5, 5.41) is 22.9. The molecule has 2 heterocycles. The summed E-state index contributed by atoms with van der Waals surface area (Å²) in [5.41, 5.74) is 8.50. The lowest BCUT2D eigenvalue weighted by molar-refractivity contribution is 0.412. The number of nitrogens with one attached hydrogen (secondary N) is 1. The Morgan fingerprint density at radius 1 is 1.32 bits per heavy atom. The summed E-state index contributed by atoms with van der Waals surface area (Å²) in [6, 6.07) is 11.1. The molecule has 1 aliphatic heterocycles. The van der Waals surface area contributed by atoms with Crippen molar-refractivity contribution in [3.63, 3.8) is 0 Å². The second-order valence-corrected chi connectivity index (χ2v) is 5.49. The van der Waals surface area contributed by atoms with Crippen molar-refractivity contribution in [1.82, 2.24) is 10.3 Å². The highest BCUT2D eigenvalue weighted by Gasteiger charge is 2.22. The van der Waals surface area contributed by atoms with Crippen molar-refractivity contribution in [2.75, 3.05) is 12.3 Å². The average Bonchev–Trinajstić information content (AvgIpc) is 2.55. The smallest absolute Gasteiger partial charge is 0.142 e. The summed E-state index contributed by atoms with van der Waals surface area (Å²) in [5.74, 6) is 0.368. The molecule has 0 aliphatic carbocycles. The first kappa shape index (κ1) is 14.4. The number of anilines is 1. The molecule has 1 aromatic carbocycles. The summed E-state index contributed by atoms with van der Waals surface area (Å²) in [4.78, 5) is 4.30. The number of aromatic hydroxyl groups is 1. The minimum atomic E-state index is 0.110. The molecular weight excluding hydrogens is 276 g/mol. The van der Waals surface area contributed by atoms with Gasteiger partial charge in [0.1, 0.15) is 17.6 Å². The number of hydrogen-bond donors (Lipinski definition) is 3. The van der Waals surface area contributed by atoms with E-state index in [1.165, 1.54) is 0 Å². The van der Waals surface area contributed by atoms with E-state index in [4.69, 9.17) is 5.73 Å². The maximum Gasteiger partial charge on any atom is 0.142 e. The molecule has 0 amide bonds. The molecule has 2 aromatic rings. The normalized spacial score (nSPS) is 17.9. The van der Waals surface area contributed by atoms with Crippen molar-refractivity contribution in [2.45, 2.75) is 25.3 Å². The number of hydrogen-bond acceptors (Lipinski definition) is 5. The number of phenols is 1. The quantitative estimate of drug-likeness (QED) is 0.791. The van der Waals surface area contributed by atoms with Gasteiger partial charge in [0, 0.05) is 11.6 Å². The topological polar surface area (TPSA) is 95.0 Å². The Labute approximate surface area is 129 Å². The zero-order valence-electron chi connectivity index (χ0n) is 12.2. The van der Waals surface area contributed by atoms with Crippen LogP contribution in [0.15, 0.2) is 30.3 Å². The van der Waals surface area contributed by atoms with Crippen LogP contribution in [-0.2, 0) is 0 Å². The highest BCUT2D eigenvalue weighted by molar-refractivity contribution is 5.71. The number of nitrogens with two attached hydrogens (primary N) is 1. The molecule has 1 atom stereocenters. The number of rotatable bonds is 2. The standard InChI is InChI=1S/C17H18N4O/c18-10-13-12(14-6-3-4-8-20-14)9-15(21-17(13)19)11-5-1-2-7-16(11)22/h1-2,5,7,9,14,20,22H,3-4,6,8H2,(H2,19,21). The van der Waals surface area contributed by atoms with Gasteiger partial charge >= 0.3 is 0 Å². The molecule has 1 saturated heterocycles. The number of nitrogens with zero attached hydrogens (tertiary/aromatic N) is 2. The predicted octanol–water partition coefficient (Wildman–Crippen LogP) is 2.72. The minimum absolute atomic E-state index is 0.110. The van der Waals surface area contributed by atoms with E-state index in [1.807, 2.05) is 12.1 Å². The van der Waals surface area contributed by atoms with Crippen molar-refractivity contribution in [2.24, 2.45) is 0 Å². The van der Waals surface area contributed by atoms with Gasteiger partial charge < -0.3 is 16.2 Å². The van der Waals surface area contributed by atoms with Crippen LogP contribution in [0, 0.1) is 11.3 Å². The molecule has 1 aliphatic rings. The van der Waals surface area contributed by atoms with Gasteiger partial charge in [-0.1, -0.05) is 18.6 Å². The fourth-order valence-electron chi connectivity index (χ4n) is 2.93. The first-order valence-electron chi connectivity index (χ1n) is 7.43. The molecule has 5 heteroatoms. The predicted molar refractivity (Wildman–Crippen MR) is 85.1 cm³/mol. The van der Waals surface area contributed by atoms with Gasteiger partial charge in [-0.3, -0.25) is 0 Å². The Morgan fingerprint density at radius 2 is 2.14 bits per heavy atom. The van der Waals surface area contributed by atoms with Crippen molar-refractivity contribution in [1.29, 1.82) is 5.26 Å². The maximum atomic E-state index is 10.0. The molecule has 1 aromatic heterocycles. The molecule has 1 fully saturated rings. The first-order valence-corrected chi connectivity index (χ1v) is 7.43. The lowest BCUT2D eigenvalue weighted by atomic mass is 9.93. The van der Waals surface area contributed by atoms with Crippen molar-refractivity contribution >= 4 is 5.82 Å². The van der Waals surface area contributed by atoms with Crippen molar-refractivity contribution in [3.8, 4) is 23.1 Å². The van der Waals surface area contributed by atoms with E-state index in [0.717, 1.165) is 31.4 Å². The van der Waals surface area contributed by atoms with Gasteiger partial charge in [0.25, 0.3) is 0 Å². The maximum absolute atomic E-state index is 10.0. The Morgan fingerprint density at radius 3 is 2.82 bits per heavy atom. The van der Waals surface area contributed by atoms with Crippen LogP contribution in [0.25, 0.3) is 11.3 Å². The van der Waals surface area contributed by atoms with E-state index in [0.29, 0.717) is 16.8 Å². The van der Waals surface area contributed by atoms with Gasteiger partial charge in [-0.2, -0.15) is 5.26 Å². The van der Waals surface area contributed by atoms with Gasteiger partial charge in [-0.05, 0) is 43.1 Å². The number of piperidine rings is 1. The Hall–Kier alpha value is -2.58. The average molecular weight is 294 g/mol. The van der Waals surface area contributed by atoms with E-state index in [2.05, 4.69) is 16.4 Å². The molecule has 0 bridgehead atoms. The van der Waals surface area contributed by atoms with Crippen LogP contribution >= 0.6 is 0 Å². The third-order valence-electron chi connectivity index (χ3n) is 4.06. The van der Waals surface area contributed by atoms with Crippen LogP contribution in [-0.4, -0.2) is 16.6 Å². The number of nitrogen functional groups attached to an aromatic ring is 1. The molecule has 112 valence electrons. The number of aromatic nitrogens is 1. The van der Waals surface area contributed by atoms with Crippen LogP contribution in [0.2, 0.25) is 0 Å². The molecule has 3 rings (SSSR count). The van der Waals surface area contributed by atoms with Crippen LogP contribution in [0.1, 0.15) is 36.4 Å². The van der Waals surface area contributed by atoms with Gasteiger partial charge in [0.05, 0.1) is 11.3 Å². The number of pyridine rings is 1. The molecule has 0 radical (unpaired) electrons. The summed E-state index contributed by atoms with van der Waals surface area (Å²) in [7, 11) is 0. The van der Waals surface area contributed by atoms with Gasteiger partial charge in [-0.25, -0.2) is 4.98 Å². The van der Waals surface area contributed by atoms with Crippen LogP contribution in [0.5, 0.6) is 5.75 Å². The lowest BCUT2D eigenvalue weighted by Crippen LogP contribution is -2.27. The number of para-hydroxylation sites is 1. The van der Waals surface area contributed by atoms with E-state index in [1.54, 1.807) is 18.2 Å². The third kappa shape index (κ3) is 2.61. The number of nitriles is 1. The van der Waals surface area contributed by atoms with Gasteiger partial charge in [0.2, 0.25) is 0 Å². The monoisotopic (exact) mass is 294 g/mol. The fraction of sp³-hybridized carbons (Fsp3) is 0.294. The summed E-state index contributed by atoms with van der Waals surface area (Å²) in [6.45, 7) is 0.934.